The molecule has 0 aliphatic carbocycles. The number of nitrogens with one attached hydrogen (secondary N) is 2. The molecule has 1 amide bonds. The maximum absolute atomic E-state index is 13.5. The summed E-state index contributed by atoms with van der Waals surface area (Å²) in [7, 11) is -4.01. The number of hydrogen-bond donors (Lipinski definition) is 2. The second-order valence-electron chi connectivity index (χ2n) is 4.53. The lowest BCUT2D eigenvalue weighted by Gasteiger charge is -2.23. The molecular formula is C11H12FN3O5S. The average Bonchev–Trinajstić information content (AvgIpc) is 2.40. The smallest absolute Gasteiger partial charge is 0.304 e. The normalized spacial score (nSPS) is 19.1. The molecule has 0 aromatic heterocycles. The molecule has 10 heteroatoms. The van der Waals surface area contributed by atoms with E-state index >= 15 is 0 Å². The number of nitro benzene ring substituents is 1. The van der Waals surface area contributed by atoms with E-state index in [0.29, 0.717) is 12.5 Å². The summed E-state index contributed by atoms with van der Waals surface area (Å²) < 4.78 is 39.9. The number of carbonyl (C=O) groups is 1. The van der Waals surface area contributed by atoms with Crippen LogP contribution in [0.4, 0.5) is 10.1 Å². The van der Waals surface area contributed by atoms with Crippen LogP contribution >= 0.6 is 0 Å². The predicted molar refractivity (Wildman–Crippen MR) is 69.4 cm³/mol. The highest BCUT2D eigenvalue weighted by molar-refractivity contribution is 7.89. The summed E-state index contributed by atoms with van der Waals surface area (Å²) >= 11 is 0. The molecule has 8 nitrogen and oxygen atoms in total. The van der Waals surface area contributed by atoms with E-state index in [9.17, 15) is 27.7 Å². The third-order valence-electron chi connectivity index (χ3n) is 3.01. The minimum atomic E-state index is -4.01. The molecule has 1 fully saturated rings. The molecule has 114 valence electrons. The summed E-state index contributed by atoms with van der Waals surface area (Å²) in [5.41, 5.74) is -0.793. The highest BCUT2D eigenvalue weighted by Gasteiger charge is 2.26. The third-order valence-corrected chi connectivity index (χ3v) is 4.53. The lowest BCUT2D eigenvalue weighted by molar-refractivity contribution is -0.387. The number of rotatable bonds is 4. The van der Waals surface area contributed by atoms with Crippen molar-refractivity contribution in [3.05, 3.63) is 34.1 Å². The zero-order chi connectivity index (χ0) is 15.6. The van der Waals surface area contributed by atoms with Crippen LogP contribution < -0.4 is 10.0 Å². The average molecular weight is 317 g/mol. The highest BCUT2D eigenvalue weighted by atomic mass is 32.2. The van der Waals surface area contributed by atoms with Gasteiger partial charge in [-0.05, 0) is 12.5 Å². The Morgan fingerprint density at radius 2 is 2.14 bits per heavy atom. The Balaban J connectivity index is 2.18. The first-order valence-electron chi connectivity index (χ1n) is 6.02. The molecule has 0 saturated carbocycles. The SMILES string of the molecule is O=C1CCC(NS(=O)(=O)c2ccc([N+](=O)[O-])c(F)c2)CN1. The van der Waals surface area contributed by atoms with Crippen molar-refractivity contribution < 1.29 is 22.5 Å². The highest BCUT2D eigenvalue weighted by Crippen LogP contribution is 2.21. The quantitative estimate of drug-likeness (QED) is 0.611. The van der Waals surface area contributed by atoms with Crippen molar-refractivity contribution in [2.24, 2.45) is 0 Å². The summed E-state index contributed by atoms with van der Waals surface area (Å²) in [6.45, 7) is 0.146. The molecule has 0 bridgehead atoms. The predicted octanol–water partition coefficient (Wildman–Crippen LogP) is 0.291. The number of benzene rings is 1. The van der Waals surface area contributed by atoms with Crippen molar-refractivity contribution in [1.82, 2.24) is 10.0 Å². The van der Waals surface area contributed by atoms with Crippen molar-refractivity contribution in [1.29, 1.82) is 0 Å². The molecule has 1 aliphatic heterocycles. The number of nitro groups is 1. The fraction of sp³-hybridized carbons (Fsp3) is 0.364. The van der Waals surface area contributed by atoms with Crippen molar-refractivity contribution in [2.75, 3.05) is 6.54 Å². The number of piperidine rings is 1. The van der Waals surface area contributed by atoms with Gasteiger partial charge in [-0.3, -0.25) is 14.9 Å². The number of halogens is 1. The van der Waals surface area contributed by atoms with E-state index in [1.165, 1.54) is 0 Å². The van der Waals surface area contributed by atoms with E-state index in [1.54, 1.807) is 0 Å². The zero-order valence-corrected chi connectivity index (χ0v) is 11.5. The Morgan fingerprint density at radius 3 is 2.67 bits per heavy atom. The molecule has 1 unspecified atom stereocenters. The van der Waals surface area contributed by atoms with Crippen LogP contribution in [0.1, 0.15) is 12.8 Å². The van der Waals surface area contributed by atoms with Gasteiger partial charge >= 0.3 is 5.69 Å². The molecule has 2 N–H and O–H groups in total. The van der Waals surface area contributed by atoms with Gasteiger partial charge < -0.3 is 5.32 Å². The van der Waals surface area contributed by atoms with Crippen LogP contribution in [0.5, 0.6) is 0 Å². The number of carbonyl (C=O) groups excluding carboxylic acids is 1. The van der Waals surface area contributed by atoms with E-state index < -0.39 is 37.4 Å². The molecule has 1 aromatic rings. The minimum absolute atomic E-state index is 0.146. The standard InChI is InChI=1S/C11H12FN3O5S/c12-9-5-8(2-3-10(9)15(17)18)21(19,20)14-7-1-4-11(16)13-6-7/h2-3,5,7,14H,1,4,6H2,(H,13,16). The molecule has 1 heterocycles. The summed E-state index contributed by atoms with van der Waals surface area (Å²) in [5, 5.41) is 13.0. The van der Waals surface area contributed by atoms with Gasteiger partial charge in [0.2, 0.25) is 21.7 Å². The second kappa shape index (κ2) is 5.74. The first kappa shape index (κ1) is 15.3. The zero-order valence-electron chi connectivity index (χ0n) is 10.7. The first-order chi connectivity index (χ1) is 9.79. The molecule has 21 heavy (non-hydrogen) atoms. The molecule has 1 atom stereocenters. The van der Waals surface area contributed by atoms with Crippen molar-refractivity contribution >= 4 is 21.6 Å². The van der Waals surface area contributed by atoms with Crippen LogP contribution in [0.2, 0.25) is 0 Å². The third kappa shape index (κ3) is 3.52. The van der Waals surface area contributed by atoms with Crippen LogP contribution in [-0.2, 0) is 14.8 Å². The molecule has 1 aliphatic rings. The van der Waals surface area contributed by atoms with Crippen molar-refractivity contribution in [2.45, 2.75) is 23.8 Å². The van der Waals surface area contributed by atoms with Gasteiger partial charge in [-0.25, -0.2) is 13.1 Å². The fourth-order valence-electron chi connectivity index (χ4n) is 1.92. The Morgan fingerprint density at radius 1 is 1.43 bits per heavy atom. The van der Waals surface area contributed by atoms with Gasteiger partial charge in [-0.15, -0.1) is 0 Å². The maximum Gasteiger partial charge on any atom is 0.304 e. The summed E-state index contributed by atoms with van der Waals surface area (Å²) in [6, 6.07) is 1.87. The molecule has 1 aromatic carbocycles. The largest absolute Gasteiger partial charge is 0.355 e. The van der Waals surface area contributed by atoms with Crippen LogP contribution in [0.25, 0.3) is 0 Å². The minimum Gasteiger partial charge on any atom is -0.355 e. The lowest BCUT2D eigenvalue weighted by Crippen LogP contribution is -2.47. The summed E-state index contributed by atoms with van der Waals surface area (Å²) in [5.74, 6) is -1.38. The topological polar surface area (TPSA) is 118 Å². The van der Waals surface area contributed by atoms with Crippen LogP contribution in [0.15, 0.2) is 23.1 Å². The number of amides is 1. The Labute approximate surface area is 119 Å². The number of nitrogens with zero attached hydrogens (tertiary/aromatic N) is 1. The van der Waals surface area contributed by atoms with E-state index in [4.69, 9.17) is 0 Å². The molecule has 0 spiro atoms. The van der Waals surface area contributed by atoms with E-state index in [1.807, 2.05) is 0 Å². The Hall–Kier alpha value is -2.07. The van der Waals surface area contributed by atoms with Crippen molar-refractivity contribution in [3.63, 3.8) is 0 Å². The van der Waals surface area contributed by atoms with Gasteiger partial charge in [0.25, 0.3) is 0 Å². The lowest BCUT2D eigenvalue weighted by atomic mass is 10.1. The monoisotopic (exact) mass is 317 g/mol. The maximum atomic E-state index is 13.5. The summed E-state index contributed by atoms with van der Waals surface area (Å²) in [4.78, 5) is 20.1. The van der Waals surface area contributed by atoms with Gasteiger partial charge in [-0.1, -0.05) is 0 Å². The Bertz CT molecular complexity index is 681. The van der Waals surface area contributed by atoms with Gasteiger partial charge in [0, 0.05) is 31.1 Å². The summed E-state index contributed by atoms with van der Waals surface area (Å²) in [6.07, 6.45) is 0.530. The van der Waals surface area contributed by atoms with Gasteiger partial charge in [0.05, 0.1) is 9.82 Å². The molecular weight excluding hydrogens is 305 g/mol. The van der Waals surface area contributed by atoms with E-state index in [2.05, 4.69) is 10.0 Å². The molecule has 0 radical (unpaired) electrons. The van der Waals surface area contributed by atoms with Crippen molar-refractivity contribution in [3.8, 4) is 0 Å². The van der Waals surface area contributed by atoms with Gasteiger partial charge in [0.15, 0.2) is 0 Å². The van der Waals surface area contributed by atoms with Crippen LogP contribution in [-0.4, -0.2) is 31.8 Å². The van der Waals surface area contributed by atoms with E-state index in [-0.39, 0.29) is 18.9 Å². The number of sulfonamides is 1. The second-order valence-corrected chi connectivity index (χ2v) is 6.25. The van der Waals surface area contributed by atoms with Gasteiger partial charge in [-0.2, -0.15) is 4.39 Å². The van der Waals surface area contributed by atoms with Gasteiger partial charge in [0.1, 0.15) is 0 Å². The fourth-order valence-corrected chi connectivity index (χ4v) is 3.21. The molecule has 2 rings (SSSR count). The first-order valence-corrected chi connectivity index (χ1v) is 7.51. The Kier molecular flexibility index (Phi) is 4.19. The van der Waals surface area contributed by atoms with Crippen LogP contribution in [0.3, 0.4) is 0 Å². The number of hydrogen-bond acceptors (Lipinski definition) is 5. The molecule has 1 saturated heterocycles. The van der Waals surface area contributed by atoms with E-state index in [0.717, 1.165) is 12.1 Å². The van der Waals surface area contributed by atoms with Crippen LogP contribution in [0, 0.1) is 15.9 Å².